The van der Waals surface area contributed by atoms with Crippen molar-refractivity contribution < 1.29 is 40.7 Å². The molecule has 0 bridgehead atoms. The Bertz CT molecular complexity index is 1380. The molecule has 3 aromatic carbocycles. The van der Waals surface area contributed by atoms with E-state index in [9.17, 15) is 40.7 Å². The zero-order valence-corrected chi connectivity index (χ0v) is 19.3. The van der Waals surface area contributed by atoms with E-state index in [0.717, 1.165) is 36.4 Å². The van der Waals surface area contributed by atoms with Gasteiger partial charge in [0.15, 0.2) is 0 Å². The number of hydrogen-bond donors (Lipinski definition) is 1. The van der Waals surface area contributed by atoms with E-state index < -0.39 is 46.6 Å². The summed E-state index contributed by atoms with van der Waals surface area (Å²) in [7, 11) is 1.37. The maximum atomic E-state index is 14.3. The van der Waals surface area contributed by atoms with Crippen molar-refractivity contribution in [3.8, 4) is 0 Å². The molecule has 0 aliphatic carbocycles. The van der Waals surface area contributed by atoms with Gasteiger partial charge in [-0.2, -0.15) is 26.3 Å². The number of fused-ring (bicyclic) bond motifs is 1. The van der Waals surface area contributed by atoms with E-state index in [1.54, 1.807) is 0 Å². The third kappa shape index (κ3) is 3.94. The number of aryl methyl sites for hydroxylation is 1. The first-order chi connectivity index (χ1) is 17.2. The molecule has 3 aromatic rings. The van der Waals surface area contributed by atoms with Crippen molar-refractivity contribution in [2.45, 2.75) is 24.7 Å². The number of nitrogens with one attached hydrogen (secondary N) is 1. The van der Waals surface area contributed by atoms with Crippen LogP contribution in [0.3, 0.4) is 0 Å². The van der Waals surface area contributed by atoms with Gasteiger partial charge in [0.1, 0.15) is 0 Å². The van der Waals surface area contributed by atoms with Gasteiger partial charge in [-0.05, 0) is 48.4 Å². The molecule has 1 aliphatic heterocycles. The molecule has 3 amide bonds. The van der Waals surface area contributed by atoms with Crippen LogP contribution in [0.5, 0.6) is 0 Å². The Hall–Kier alpha value is -4.15. The smallest absolute Gasteiger partial charge is 0.355 e. The van der Waals surface area contributed by atoms with Gasteiger partial charge in [0.25, 0.3) is 17.7 Å². The number of hydrogen-bond acceptors (Lipinski definition) is 3. The van der Waals surface area contributed by atoms with E-state index in [4.69, 9.17) is 0 Å². The Labute approximate surface area is 206 Å². The Balaban J connectivity index is 1.81. The first kappa shape index (κ1) is 25.9. The van der Waals surface area contributed by atoms with Crippen LogP contribution < -0.4 is 10.2 Å². The molecule has 0 saturated heterocycles. The number of carbonyl (C=O) groups is 3. The highest BCUT2D eigenvalue weighted by atomic mass is 19.4. The summed E-state index contributed by atoms with van der Waals surface area (Å²) in [6.45, 7) is 1.53. The molecule has 0 radical (unpaired) electrons. The highest BCUT2D eigenvalue weighted by Gasteiger charge is 2.72. The van der Waals surface area contributed by atoms with Crippen LogP contribution in [0.2, 0.25) is 0 Å². The molecular weight excluding hydrogens is 502 g/mol. The lowest BCUT2D eigenvalue weighted by molar-refractivity contribution is -0.288. The van der Waals surface area contributed by atoms with E-state index in [1.807, 2.05) is 0 Å². The van der Waals surface area contributed by atoms with Crippen LogP contribution in [0.1, 0.15) is 47.8 Å². The van der Waals surface area contributed by atoms with Gasteiger partial charge < -0.3 is 5.32 Å². The van der Waals surface area contributed by atoms with Gasteiger partial charge >= 0.3 is 12.4 Å². The van der Waals surface area contributed by atoms with Gasteiger partial charge in [-0.1, -0.05) is 42.0 Å². The molecule has 0 saturated carbocycles. The standard InChI is InChI=1S/C26H18F6N2O3/c1-14-3-6-16(7-4-14)24(25(27,28)29,26(30,31)32)17-8-10-18(11-9-17)34-22(36)19-12-5-15(21(35)33-2)13-20(19)23(34)37/h3-13H,1-2H3,(H,33,35). The topological polar surface area (TPSA) is 66.5 Å². The fourth-order valence-corrected chi connectivity index (χ4v) is 4.41. The van der Waals surface area contributed by atoms with Gasteiger partial charge in [-0.15, -0.1) is 0 Å². The SMILES string of the molecule is CNC(=O)c1ccc2c(c1)C(=O)N(c1ccc(C(c3ccc(C)cc3)(C(F)(F)F)C(F)(F)F)cc1)C2=O. The largest absolute Gasteiger partial charge is 0.411 e. The predicted octanol–water partition coefficient (Wildman–Crippen LogP) is 5.57. The average molecular weight is 520 g/mol. The van der Waals surface area contributed by atoms with Crippen molar-refractivity contribution in [2.75, 3.05) is 11.9 Å². The van der Waals surface area contributed by atoms with Gasteiger partial charge in [0.05, 0.1) is 16.8 Å². The molecule has 11 heteroatoms. The second-order valence-corrected chi connectivity index (χ2v) is 8.44. The minimum absolute atomic E-state index is 0.0543. The molecule has 0 atom stereocenters. The summed E-state index contributed by atoms with van der Waals surface area (Å²) in [4.78, 5) is 38.3. The number of carbonyl (C=O) groups excluding carboxylic acids is 3. The number of imide groups is 1. The van der Waals surface area contributed by atoms with Crippen molar-refractivity contribution in [3.63, 3.8) is 0 Å². The molecule has 1 aliphatic rings. The van der Waals surface area contributed by atoms with Crippen molar-refractivity contribution in [1.82, 2.24) is 5.32 Å². The predicted molar refractivity (Wildman–Crippen MR) is 121 cm³/mol. The Morgan fingerprint density at radius 2 is 1.22 bits per heavy atom. The first-order valence-electron chi connectivity index (χ1n) is 10.8. The minimum Gasteiger partial charge on any atom is -0.355 e. The molecule has 4 rings (SSSR count). The molecule has 5 nitrogen and oxygen atoms in total. The Kier molecular flexibility index (Phi) is 6.13. The van der Waals surface area contributed by atoms with Gasteiger partial charge in [-0.25, -0.2) is 4.90 Å². The number of alkyl halides is 6. The number of benzene rings is 3. The van der Waals surface area contributed by atoms with E-state index in [-0.39, 0.29) is 22.4 Å². The summed E-state index contributed by atoms with van der Waals surface area (Å²) in [5.41, 5.74) is -6.32. The van der Waals surface area contributed by atoms with E-state index in [2.05, 4.69) is 5.32 Å². The number of nitrogens with zero attached hydrogens (tertiary/aromatic N) is 1. The van der Waals surface area contributed by atoms with Crippen molar-refractivity contribution >= 4 is 23.4 Å². The lowest BCUT2D eigenvalue weighted by atomic mass is 9.72. The van der Waals surface area contributed by atoms with Gasteiger partial charge in [0.2, 0.25) is 5.41 Å². The molecule has 37 heavy (non-hydrogen) atoms. The lowest BCUT2D eigenvalue weighted by Gasteiger charge is -2.38. The van der Waals surface area contributed by atoms with Crippen LogP contribution in [0.15, 0.2) is 66.7 Å². The summed E-state index contributed by atoms with van der Waals surface area (Å²) in [5.74, 6) is -2.21. The van der Waals surface area contributed by atoms with E-state index >= 15 is 0 Å². The summed E-state index contributed by atoms with van der Waals surface area (Å²) in [5, 5.41) is 2.37. The lowest BCUT2D eigenvalue weighted by Crippen LogP contribution is -2.54. The third-order valence-corrected chi connectivity index (χ3v) is 6.27. The Morgan fingerprint density at radius 3 is 1.70 bits per heavy atom. The third-order valence-electron chi connectivity index (χ3n) is 6.27. The zero-order valence-electron chi connectivity index (χ0n) is 19.3. The fraction of sp³-hybridized carbons (Fsp3) is 0.192. The molecule has 1 N–H and O–H groups in total. The first-order valence-corrected chi connectivity index (χ1v) is 10.8. The molecule has 192 valence electrons. The summed E-state index contributed by atoms with van der Waals surface area (Å²) in [6.07, 6.45) is -11.5. The molecule has 0 unspecified atom stereocenters. The van der Waals surface area contributed by atoms with Gasteiger partial charge in [0, 0.05) is 12.6 Å². The number of halogens is 6. The van der Waals surface area contributed by atoms with Crippen LogP contribution in [-0.4, -0.2) is 37.1 Å². The van der Waals surface area contributed by atoms with E-state index in [0.29, 0.717) is 22.6 Å². The highest BCUT2D eigenvalue weighted by Crippen LogP contribution is 2.56. The summed E-state index contributed by atoms with van der Waals surface area (Å²) < 4.78 is 85.9. The number of anilines is 1. The molecule has 0 aromatic heterocycles. The summed E-state index contributed by atoms with van der Waals surface area (Å²) >= 11 is 0. The van der Waals surface area contributed by atoms with Crippen molar-refractivity contribution in [1.29, 1.82) is 0 Å². The fourth-order valence-electron chi connectivity index (χ4n) is 4.41. The van der Waals surface area contributed by atoms with Crippen LogP contribution in [0.25, 0.3) is 0 Å². The molecular formula is C26H18F6N2O3. The Morgan fingerprint density at radius 1 is 0.730 bits per heavy atom. The number of rotatable bonds is 4. The summed E-state index contributed by atoms with van der Waals surface area (Å²) in [6, 6.07) is 10.6. The van der Waals surface area contributed by atoms with Crippen LogP contribution in [0, 0.1) is 6.92 Å². The second kappa shape index (κ2) is 8.75. The monoisotopic (exact) mass is 520 g/mol. The van der Waals surface area contributed by atoms with Crippen LogP contribution in [-0.2, 0) is 5.41 Å². The van der Waals surface area contributed by atoms with Crippen LogP contribution in [0.4, 0.5) is 32.0 Å². The van der Waals surface area contributed by atoms with Crippen LogP contribution >= 0.6 is 0 Å². The maximum Gasteiger partial charge on any atom is 0.411 e. The second-order valence-electron chi connectivity index (χ2n) is 8.44. The normalized spacial score (nSPS) is 14.1. The van der Waals surface area contributed by atoms with Gasteiger partial charge in [-0.3, -0.25) is 14.4 Å². The minimum atomic E-state index is -5.77. The molecule has 1 heterocycles. The quantitative estimate of drug-likeness (QED) is 0.362. The maximum absolute atomic E-state index is 14.3. The zero-order chi connectivity index (χ0) is 27.3. The average Bonchev–Trinajstić information content (AvgIpc) is 3.08. The highest BCUT2D eigenvalue weighted by molar-refractivity contribution is 6.34. The molecule has 0 fully saturated rings. The van der Waals surface area contributed by atoms with Crippen molar-refractivity contribution in [2.24, 2.45) is 0 Å². The van der Waals surface area contributed by atoms with Crippen molar-refractivity contribution in [3.05, 3.63) is 100 Å². The molecule has 0 spiro atoms. The van der Waals surface area contributed by atoms with E-state index in [1.165, 1.54) is 32.2 Å². The number of amides is 3.